The van der Waals surface area contributed by atoms with Gasteiger partial charge in [0.1, 0.15) is 0 Å². The Hall–Kier alpha value is 0.0969. The van der Waals surface area contributed by atoms with E-state index in [-0.39, 0.29) is 17.2 Å². The largest absolute Gasteiger partial charge is 0.655 e. The maximum Gasteiger partial charge on any atom is 0.192 e. The molecule has 0 bridgehead atoms. The molecule has 3 nitrogen and oxygen atoms in total. The van der Waals surface area contributed by atoms with Gasteiger partial charge in [-0.05, 0) is 38.4 Å². The van der Waals surface area contributed by atoms with Crippen molar-refractivity contribution in [2.45, 2.75) is 76.9 Å². The van der Waals surface area contributed by atoms with Gasteiger partial charge in [-0.25, -0.2) is 0 Å². The zero-order chi connectivity index (χ0) is 13.5. The van der Waals surface area contributed by atoms with Crippen molar-refractivity contribution in [3.8, 4) is 0 Å². The molecule has 1 rings (SSSR count). The maximum atomic E-state index is 9.96. The Labute approximate surface area is 107 Å². The summed E-state index contributed by atoms with van der Waals surface area (Å²) in [7, 11) is -1.70. The van der Waals surface area contributed by atoms with Crippen molar-refractivity contribution in [3.05, 3.63) is 5.32 Å². The van der Waals surface area contributed by atoms with Gasteiger partial charge in [0.15, 0.2) is 8.32 Å². The molecule has 102 valence electrons. The third-order valence-electron chi connectivity index (χ3n) is 4.10. The van der Waals surface area contributed by atoms with Gasteiger partial charge in [0.2, 0.25) is 0 Å². The Bertz CT molecular complexity index is 266. The van der Waals surface area contributed by atoms with Crippen molar-refractivity contribution in [2.24, 2.45) is 0 Å². The third-order valence-corrected chi connectivity index (χ3v) is 8.63. The Kier molecular flexibility index (Phi) is 4.14. The van der Waals surface area contributed by atoms with Gasteiger partial charge in [-0.1, -0.05) is 20.8 Å². The molecule has 0 aromatic heterocycles. The molecule has 4 heteroatoms. The number of nitrogens with zero attached hydrogens (tertiary/aromatic N) is 1. The van der Waals surface area contributed by atoms with E-state index in [2.05, 4.69) is 39.2 Å². The first-order valence-corrected chi connectivity index (χ1v) is 9.41. The highest BCUT2D eigenvalue weighted by Crippen LogP contribution is 2.40. The van der Waals surface area contributed by atoms with Crippen LogP contribution >= 0.6 is 0 Å². The van der Waals surface area contributed by atoms with E-state index >= 15 is 0 Å². The summed E-state index contributed by atoms with van der Waals surface area (Å²) in [5.41, 5.74) is -0.717. The van der Waals surface area contributed by atoms with Gasteiger partial charge in [-0.15, -0.1) is 12.6 Å². The van der Waals surface area contributed by atoms with Crippen molar-refractivity contribution >= 4 is 8.32 Å². The summed E-state index contributed by atoms with van der Waals surface area (Å²) in [6.07, 6.45) is 1.06. The topological polar surface area (TPSA) is 43.6 Å². The molecule has 0 unspecified atom stereocenters. The zero-order valence-electron chi connectivity index (χ0n) is 12.4. The predicted molar refractivity (Wildman–Crippen MR) is 75.0 cm³/mol. The highest BCUT2D eigenvalue weighted by Gasteiger charge is 2.40. The van der Waals surface area contributed by atoms with E-state index in [0.717, 1.165) is 13.0 Å². The standard InChI is InChI=1S/C13H28NO2Si/c1-12(2,3)17(6,7)16-10-8-11(14-9-10)13(4,5)15/h10-11,15H,8-9H2,1-7H3/q-1/t10-,11+/m1/s1. The Balaban J connectivity index is 2.57. The van der Waals surface area contributed by atoms with Crippen LogP contribution in [0.15, 0.2) is 0 Å². The lowest BCUT2D eigenvalue weighted by Gasteiger charge is -2.39. The van der Waals surface area contributed by atoms with Crippen LogP contribution in [0.4, 0.5) is 0 Å². The molecule has 0 aliphatic carbocycles. The third kappa shape index (κ3) is 3.78. The van der Waals surface area contributed by atoms with Gasteiger partial charge in [-0.2, -0.15) is 0 Å². The van der Waals surface area contributed by atoms with Gasteiger partial charge in [-0.3, -0.25) is 0 Å². The van der Waals surface area contributed by atoms with E-state index in [0.29, 0.717) is 0 Å². The molecule has 1 aliphatic rings. The molecule has 0 saturated carbocycles. The SMILES string of the molecule is CC(C)(O)[C@@H]1C[C@@H](O[Si](C)(C)C(C)(C)C)C[N-]1. The lowest BCUT2D eigenvalue weighted by atomic mass is 9.97. The van der Waals surface area contributed by atoms with Gasteiger partial charge >= 0.3 is 0 Å². The number of rotatable bonds is 3. The first-order valence-electron chi connectivity index (χ1n) is 6.50. The van der Waals surface area contributed by atoms with Crippen LogP contribution in [0.5, 0.6) is 0 Å². The smallest absolute Gasteiger partial charge is 0.192 e. The first-order chi connectivity index (χ1) is 7.43. The van der Waals surface area contributed by atoms with E-state index in [1.54, 1.807) is 0 Å². The molecule has 0 spiro atoms. The number of hydrogen-bond acceptors (Lipinski definition) is 2. The van der Waals surface area contributed by atoms with Gasteiger partial charge < -0.3 is 14.8 Å². The number of hydrogen-bond donors (Lipinski definition) is 1. The lowest BCUT2D eigenvalue weighted by molar-refractivity contribution is 0.0561. The molecule has 1 aliphatic heterocycles. The Morgan fingerprint density at radius 2 is 1.71 bits per heavy atom. The van der Waals surface area contributed by atoms with E-state index in [1.807, 2.05) is 13.8 Å². The quantitative estimate of drug-likeness (QED) is 0.789. The van der Waals surface area contributed by atoms with Crippen LogP contribution in [0, 0.1) is 0 Å². The fourth-order valence-electron chi connectivity index (χ4n) is 1.83. The molecule has 1 N–H and O–H groups in total. The molecule has 17 heavy (non-hydrogen) atoms. The molecule has 1 heterocycles. The average molecular weight is 258 g/mol. The minimum absolute atomic E-state index is 0.0252. The van der Waals surface area contributed by atoms with E-state index in [4.69, 9.17) is 4.43 Å². The van der Waals surface area contributed by atoms with Crippen molar-refractivity contribution in [1.29, 1.82) is 0 Å². The maximum absolute atomic E-state index is 9.96. The van der Waals surface area contributed by atoms with Gasteiger partial charge in [0, 0.05) is 11.7 Å². The summed E-state index contributed by atoms with van der Waals surface area (Å²) < 4.78 is 6.32. The molecular formula is C13H28NO2Si-. The van der Waals surface area contributed by atoms with Gasteiger partial charge in [0.05, 0.1) is 0 Å². The van der Waals surface area contributed by atoms with Crippen LogP contribution in [0.25, 0.3) is 5.32 Å². The lowest BCUT2D eigenvalue weighted by Crippen LogP contribution is -2.44. The molecular weight excluding hydrogens is 230 g/mol. The highest BCUT2D eigenvalue weighted by atomic mass is 28.4. The van der Waals surface area contributed by atoms with Crippen LogP contribution in [-0.2, 0) is 4.43 Å². The molecule has 2 atom stereocenters. The minimum Gasteiger partial charge on any atom is -0.655 e. The molecule has 1 saturated heterocycles. The Morgan fingerprint density at radius 3 is 2.06 bits per heavy atom. The van der Waals surface area contributed by atoms with E-state index in [9.17, 15) is 5.11 Å². The number of aliphatic hydroxyl groups is 1. The summed E-state index contributed by atoms with van der Waals surface area (Å²) >= 11 is 0. The summed E-state index contributed by atoms with van der Waals surface area (Å²) in [6.45, 7) is 15.7. The summed E-state index contributed by atoms with van der Waals surface area (Å²) in [4.78, 5) is 0. The second-order valence-corrected chi connectivity index (χ2v) is 12.0. The molecule has 0 aromatic carbocycles. The first kappa shape index (κ1) is 15.2. The van der Waals surface area contributed by atoms with Gasteiger partial charge in [0.25, 0.3) is 0 Å². The normalized spacial score (nSPS) is 27.5. The second kappa shape index (κ2) is 4.65. The van der Waals surface area contributed by atoms with Crippen LogP contribution < -0.4 is 0 Å². The molecule has 0 radical (unpaired) electrons. The van der Waals surface area contributed by atoms with E-state index in [1.165, 1.54) is 0 Å². The Morgan fingerprint density at radius 1 is 1.18 bits per heavy atom. The molecule has 0 aromatic rings. The van der Waals surface area contributed by atoms with Crippen LogP contribution in [0.3, 0.4) is 0 Å². The second-order valence-electron chi connectivity index (χ2n) is 7.27. The summed E-state index contributed by atoms with van der Waals surface area (Å²) in [6, 6.07) is 0.0252. The zero-order valence-corrected chi connectivity index (χ0v) is 13.4. The molecule has 1 fully saturated rings. The van der Waals surface area contributed by atoms with E-state index < -0.39 is 13.9 Å². The highest BCUT2D eigenvalue weighted by molar-refractivity contribution is 6.74. The fourth-order valence-corrected chi connectivity index (χ4v) is 3.19. The minimum atomic E-state index is -1.70. The fraction of sp³-hybridized carbons (Fsp3) is 1.00. The average Bonchev–Trinajstić information content (AvgIpc) is 2.48. The van der Waals surface area contributed by atoms with Crippen LogP contribution in [0.1, 0.15) is 41.0 Å². The monoisotopic (exact) mass is 258 g/mol. The van der Waals surface area contributed by atoms with Crippen molar-refractivity contribution in [3.63, 3.8) is 0 Å². The van der Waals surface area contributed by atoms with Crippen molar-refractivity contribution in [1.82, 2.24) is 0 Å². The summed E-state index contributed by atoms with van der Waals surface area (Å²) in [5.74, 6) is 0. The van der Waals surface area contributed by atoms with Crippen LogP contribution in [-0.4, -0.2) is 37.7 Å². The summed E-state index contributed by atoms with van der Waals surface area (Å²) in [5, 5.41) is 14.7. The molecule has 0 amide bonds. The van der Waals surface area contributed by atoms with Crippen molar-refractivity contribution in [2.75, 3.05) is 6.54 Å². The predicted octanol–water partition coefficient (Wildman–Crippen LogP) is 3.29. The van der Waals surface area contributed by atoms with Crippen molar-refractivity contribution < 1.29 is 9.53 Å². The van der Waals surface area contributed by atoms with Crippen LogP contribution in [0.2, 0.25) is 18.1 Å².